The maximum atomic E-state index is 13.8. The minimum Gasteiger partial charge on any atom is -0.218 e. The summed E-state index contributed by atoms with van der Waals surface area (Å²) in [5.74, 6) is -10.9. The second kappa shape index (κ2) is 5.52. The summed E-state index contributed by atoms with van der Waals surface area (Å²) in [6, 6.07) is 5.38. The second-order valence-electron chi connectivity index (χ2n) is 4.27. The van der Waals surface area contributed by atoms with Crippen LogP contribution in [0, 0.1) is 23.3 Å². The summed E-state index contributed by atoms with van der Waals surface area (Å²) >= 11 is 0. The molecule has 0 saturated heterocycles. The third-order valence-corrected chi connectivity index (χ3v) is 4.62. The predicted molar refractivity (Wildman–Crippen MR) is 63.2 cm³/mol. The van der Waals surface area contributed by atoms with E-state index >= 15 is 0 Å². The smallest absolute Gasteiger partial charge is 0.218 e. The van der Waals surface area contributed by atoms with E-state index < -0.39 is 54.6 Å². The average molecular weight is 358 g/mol. The molecular weight excluding hydrogens is 353 g/mol. The van der Waals surface area contributed by atoms with E-state index in [1.807, 2.05) is 0 Å². The van der Waals surface area contributed by atoms with Crippen molar-refractivity contribution in [1.29, 1.82) is 0 Å². The van der Waals surface area contributed by atoms with Crippen LogP contribution >= 0.6 is 0 Å². The van der Waals surface area contributed by atoms with Gasteiger partial charge in [0.15, 0.2) is 23.3 Å². The number of alkyl halides is 3. The van der Waals surface area contributed by atoms with Crippen LogP contribution in [0.1, 0.15) is 5.56 Å². The second-order valence-corrected chi connectivity index (χ2v) is 6.16. The molecule has 0 amide bonds. The molecule has 0 atom stereocenters. The van der Waals surface area contributed by atoms with Crippen molar-refractivity contribution in [3.8, 4) is 0 Å². The van der Waals surface area contributed by atoms with Gasteiger partial charge in [-0.25, -0.2) is 26.0 Å². The van der Waals surface area contributed by atoms with Crippen LogP contribution in [0.4, 0.5) is 30.7 Å². The minimum absolute atomic E-state index is 0.739. The summed E-state index contributed by atoms with van der Waals surface area (Å²) < 4.78 is 116. The van der Waals surface area contributed by atoms with Gasteiger partial charge in [-0.2, -0.15) is 13.2 Å². The van der Waals surface area contributed by atoms with Crippen molar-refractivity contribution in [3.63, 3.8) is 0 Å². The Labute approximate surface area is 125 Å². The molecule has 124 valence electrons. The molecule has 10 heteroatoms. The van der Waals surface area contributed by atoms with E-state index in [9.17, 15) is 39.2 Å². The van der Waals surface area contributed by atoms with Crippen LogP contribution < -0.4 is 0 Å². The van der Waals surface area contributed by atoms with Crippen LogP contribution in [0.15, 0.2) is 40.1 Å². The lowest BCUT2D eigenvalue weighted by atomic mass is 10.1. The zero-order valence-corrected chi connectivity index (χ0v) is 11.6. The predicted octanol–water partition coefficient (Wildman–Crippen LogP) is 4.09. The fourth-order valence-electron chi connectivity index (χ4n) is 1.81. The van der Waals surface area contributed by atoms with E-state index in [4.69, 9.17) is 0 Å². The lowest BCUT2D eigenvalue weighted by Gasteiger charge is -2.14. The Bertz CT molecular complexity index is 829. The van der Waals surface area contributed by atoms with E-state index in [0.29, 0.717) is 0 Å². The number of hydrogen-bond acceptors (Lipinski definition) is 2. The molecule has 0 radical (unpaired) electrons. The lowest BCUT2D eigenvalue weighted by molar-refractivity contribution is -0.143. The number of hydrogen-bond donors (Lipinski definition) is 0. The van der Waals surface area contributed by atoms with Crippen LogP contribution in [-0.4, -0.2) is 8.42 Å². The molecule has 0 spiro atoms. The number of halogens is 7. The van der Waals surface area contributed by atoms with E-state index in [1.54, 1.807) is 0 Å². The molecule has 23 heavy (non-hydrogen) atoms. The normalized spacial score (nSPS) is 12.5. The molecule has 2 rings (SSSR count). The molecule has 0 saturated carbocycles. The van der Waals surface area contributed by atoms with Gasteiger partial charge in [0.2, 0.25) is 9.84 Å². The van der Waals surface area contributed by atoms with Gasteiger partial charge in [0, 0.05) is 0 Å². The average Bonchev–Trinajstić information content (AvgIpc) is 2.45. The topological polar surface area (TPSA) is 34.1 Å². The van der Waals surface area contributed by atoms with Gasteiger partial charge in [-0.3, -0.25) is 0 Å². The van der Waals surface area contributed by atoms with Crippen molar-refractivity contribution in [3.05, 3.63) is 59.2 Å². The summed E-state index contributed by atoms with van der Waals surface area (Å²) in [4.78, 5) is -2.86. The Kier molecular flexibility index (Phi) is 4.14. The Hall–Kier alpha value is -2.10. The first-order chi connectivity index (χ1) is 10.5. The molecule has 0 aliphatic heterocycles. The monoisotopic (exact) mass is 358 g/mol. The SMILES string of the molecule is O=S(=O)(c1ccccc1)c1c(F)c(F)c(C(F)(F)F)c(F)c1F. The summed E-state index contributed by atoms with van der Waals surface area (Å²) in [5, 5.41) is 0. The fourth-order valence-corrected chi connectivity index (χ4v) is 3.22. The maximum absolute atomic E-state index is 13.8. The van der Waals surface area contributed by atoms with Crippen LogP contribution in [0.25, 0.3) is 0 Å². The van der Waals surface area contributed by atoms with E-state index in [1.165, 1.54) is 6.07 Å². The number of rotatable bonds is 2. The van der Waals surface area contributed by atoms with Gasteiger partial charge in [0.25, 0.3) is 0 Å². The Morgan fingerprint density at radius 1 is 0.739 bits per heavy atom. The molecule has 0 aromatic heterocycles. The number of benzene rings is 2. The van der Waals surface area contributed by atoms with Gasteiger partial charge in [-0.05, 0) is 12.1 Å². The molecule has 0 fully saturated rings. The van der Waals surface area contributed by atoms with Gasteiger partial charge < -0.3 is 0 Å². The molecule has 0 bridgehead atoms. The first-order valence-corrected chi connectivity index (χ1v) is 7.21. The molecule has 0 N–H and O–H groups in total. The first kappa shape index (κ1) is 17.3. The zero-order valence-electron chi connectivity index (χ0n) is 10.8. The summed E-state index contributed by atoms with van der Waals surface area (Å²) in [6.07, 6.45) is -5.75. The van der Waals surface area contributed by atoms with Gasteiger partial charge in [0.05, 0.1) is 4.90 Å². The van der Waals surface area contributed by atoms with Crippen LogP contribution in [0.2, 0.25) is 0 Å². The highest BCUT2D eigenvalue weighted by molar-refractivity contribution is 7.91. The lowest BCUT2D eigenvalue weighted by Crippen LogP contribution is -2.19. The Morgan fingerprint density at radius 3 is 1.57 bits per heavy atom. The van der Waals surface area contributed by atoms with Gasteiger partial charge in [0.1, 0.15) is 10.5 Å². The molecular formula is C13H5F7O2S. The maximum Gasteiger partial charge on any atom is 0.422 e. The van der Waals surface area contributed by atoms with E-state index in [-0.39, 0.29) is 0 Å². The molecule has 2 nitrogen and oxygen atoms in total. The molecule has 2 aromatic rings. The molecule has 0 unspecified atom stereocenters. The third-order valence-electron chi connectivity index (χ3n) is 2.83. The van der Waals surface area contributed by atoms with Crippen LogP contribution in [0.5, 0.6) is 0 Å². The first-order valence-electron chi connectivity index (χ1n) is 5.73. The largest absolute Gasteiger partial charge is 0.422 e. The van der Waals surface area contributed by atoms with Gasteiger partial charge in [-0.15, -0.1) is 0 Å². The van der Waals surface area contributed by atoms with Gasteiger partial charge >= 0.3 is 6.18 Å². The van der Waals surface area contributed by atoms with Crippen LogP contribution in [-0.2, 0) is 16.0 Å². The Morgan fingerprint density at radius 2 is 1.17 bits per heavy atom. The van der Waals surface area contributed by atoms with Crippen molar-refractivity contribution in [2.24, 2.45) is 0 Å². The molecule has 0 aliphatic carbocycles. The zero-order chi connectivity index (χ0) is 17.6. The highest BCUT2D eigenvalue weighted by Gasteiger charge is 2.44. The summed E-state index contributed by atoms with van der Waals surface area (Å²) in [7, 11) is -5.10. The van der Waals surface area contributed by atoms with Crippen molar-refractivity contribution < 1.29 is 39.2 Å². The third kappa shape index (κ3) is 2.78. The highest BCUT2D eigenvalue weighted by atomic mass is 32.2. The fraction of sp³-hybridized carbons (Fsp3) is 0.0769. The molecule has 0 heterocycles. The van der Waals surface area contributed by atoms with Crippen molar-refractivity contribution in [2.75, 3.05) is 0 Å². The highest BCUT2D eigenvalue weighted by Crippen LogP contribution is 2.39. The van der Waals surface area contributed by atoms with E-state index in [2.05, 4.69) is 0 Å². The molecule has 2 aromatic carbocycles. The van der Waals surface area contributed by atoms with Crippen LogP contribution in [0.3, 0.4) is 0 Å². The number of sulfone groups is 1. The van der Waals surface area contributed by atoms with Crippen molar-refractivity contribution >= 4 is 9.84 Å². The summed E-state index contributed by atoms with van der Waals surface area (Å²) in [5.41, 5.74) is -2.83. The van der Waals surface area contributed by atoms with Crippen molar-refractivity contribution in [1.82, 2.24) is 0 Å². The summed E-state index contributed by atoms with van der Waals surface area (Å²) in [6.45, 7) is 0. The standard InChI is InChI=1S/C13H5F7O2S/c14-8-7(13(18,19)20)9(15)11(17)12(10(8)16)23(21,22)6-4-2-1-3-5-6/h1-5H. The Balaban J connectivity index is 2.87. The quantitative estimate of drug-likeness (QED) is 0.599. The van der Waals surface area contributed by atoms with E-state index in [0.717, 1.165) is 24.3 Å². The minimum atomic E-state index is -5.75. The van der Waals surface area contributed by atoms with Crippen molar-refractivity contribution in [2.45, 2.75) is 16.0 Å². The van der Waals surface area contributed by atoms with Gasteiger partial charge in [-0.1, -0.05) is 18.2 Å². The molecule has 0 aliphatic rings.